The van der Waals surface area contributed by atoms with Gasteiger partial charge in [0.2, 0.25) is 0 Å². The minimum Gasteiger partial charge on any atom is -0.493 e. The van der Waals surface area contributed by atoms with E-state index in [1.54, 1.807) is 14.2 Å². The summed E-state index contributed by atoms with van der Waals surface area (Å²) in [6.07, 6.45) is 6.45. The maximum Gasteiger partial charge on any atom is 0.161 e. The van der Waals surface area contributed by atoms with Gasteiger partial charge in [0.1, 0.15) is 5.82 Å². The second-order valence-corrected chi connectivity index (χ2v) is 8.08. The third-order valence-corrected chi connectivity index (χ3v) is 4.69. The van der Waals surface area contributed by atoms with Gasteiger partial charge in [0.15, 0.2) is 11.5 Å². The summed E-state index contributed by atoms with van der Waals surface area (Å²) in [4.78, 5) is 8.79. The fourth-order valence-corrected chi connectivity index (χ4v) is 3.32. The number of nitrogens with zero attached hydrogens (tertiary/aromatic N) is 2. The van der Waals surface area contributed by atoms with Crippen molar-refractivity contribution < 1.29 is 9.47 Å². The Morgan fingerprint density at radius 1 is 0.897 bits per heavy atom. The highest BCUT2D eigenvalue weighted by Gasteiger charge is 2.19. The molecule has 0 aliphatic heterocycles. The summed E-state index contributed by atoms with van der Waals surface area (Å²) in [6, 6.07) is 14.4. The smallest absolute Gasteiger partial charge is 0.161 e. The predicted octanol–water partition coefficient (Wildman–Crippen LogP) is 5.08. The van der Waals surface area contributed by atoms with E-state index >= 15 is 0 Å². The summed E-state index contributed by atoms with van der Waals surface area (Å²) in [7, 11) is 3.31. The molecule has 3 aromatic rings. The Morgan fingerprint density at radius 3 is 2.17 bits per heavy atom. The zero-order valence-corrected chi connectivity index (χ0v) is 17.8. The summed E-state index contributed by atoms with van der Waals surface area (Å²) in [5, 5.41) is 3.41. The molecular formula is C24H29N3O2. The zero-order chi connectivity index (χ0) is 20.9. The minimum atomic E-state index is -0.0334. The first-order chi connectivity index (χ1) is 13.9. The van der Waals surface area contributed by atoms with Crippen molar-refractivity contribution in [2.75, 3.05) is 19.5 Å². The standard InChI is InChI=1S/C24H29N3O2/c1-24(2,3)27-23-9-7-19(16-26-23)20(14-17-10-12-25-13-11-17)18-6-8-21(28-4)22(15-18)29-5/h6-13,15-16,20H,14H2,1-5H3,(H,26,27). The van der Waals surface area contributed by atoms with E-state index < -0.39 is 0 Å². The number of ether oxygens (including phenoxy) is 2. The van der Waals surface area contributed by atoms with Gasteiger partial charge in [0, 0.05) is 30.0 Å². The number of benzene rings is 1. The lowest BCUT2D eigenvalue weighted by molar-refractivity contribution is 0.354. The van der Waals surface area contributed by atoms with E-state index in [2.05, 4.69) is 60.3 Å². The highest BCUT2D eigenvalue weighted by molar-refractivity contribution is 5.47. The van der Waals surface area contributed by atoms with E-state index in [0.717, 1.165) is 34.9 Å². The van der Waals surface area contributed by atoms with Crippen LogP contribution in [0, 0.1) is 0 Å². The molecule has 1 unspecified atom stereocenters. The second kappa shape index (κ2) is 8.95. The molecule has 152 valence electrons. The largest absolute Gasteiger partial charge is 0.493 e. The normalized spacial score (nSPS) is 12.3. The Labute approximate surface area is 173 Å². The summed E-state index contributed by atoms with van der Waals surface area (Å²) < 4.78 is 10.9. The van der Waals surface area contributed by atoms with E-state index in [4.69, 9.17) is 9.47 Å². The topological polar surface area (TPSA) is 56.3 Å². The number of methoxy groups -OCH3 is 2. The first-order valence-corrected chi connectivity index (χ1v) is 9.74. The molecule has 5 heteroatoms. The van der Waals surface area contributed by atoms with Crippen LogP contribution in [0.2, 0.25) is 0 Å². The van der Waals surface area contributed by atoms with Crippen molar-refractivity contribution in [3.63, 3.8) is 0 Å². The monoisotopic (exact) mass is 391 g/mol. The van der Waals surface area contributed by atoms with Crippen LogP contribution in [0.5, 0.6) is 11.5 Å². The molecule has 0 aliphatic rings. The fourth-order valence-electron chi connectivity index (χ4n) is 3.32. The maximum absolute atomic E-state index is 5.53. The van der Waals surface area contributed by atoms with Gasteiger partial charge in [-0.15, -0.1) is 0 Å². The molecule has 1 atom stereocenters. The highest BCUT2D eigenvalue weighted by atomic mass is 16.5. The average molecular weight is 392 g/mol. The fraction of sp³-hybridized carbons (Fsp3) is 0.333. The minimum absolute atomic E-state index is 0.0334. The van der Waals surface area contributed by atoms with Crippen molar-refractivity contribution in [2.24, 2.45) is 0 Å². The predicted molar refractivity (Wildman–Crippen MR) is 117 cm³/mol. The van der Waals surface area contributed by atoms with Crippen LogP contribution >= 0.6 is 0 Å². The lowest BCUT2D eigenvalue weighted by Crippen LogP contribution is -2.26. The molecule has 0 bridgehead atoms. The Balaban J connectivity index is 1.97. The van der Waals surface area contributed by atoms with Gasteiger partial charge >= 0.3 is 0 Å². The second-order valence-electron chi connectivity index (χ2n) is 8.08. The molecule has 0 saturated heterocycles. The third kappa shape index (κ3) is 5.47. The van der Waals surface area contributed by atoms with Crippen LogP contribution in [0.3, 0.4) is 0 Å². The average Bonchev–Trinajstić information content (AvgIpc) is 2.72. The number of aromatic nitrogens is 2. The molecule has 0 amide bonds. The van der Waals surface area contributed by atoms with Crippen LogP contribution in [0.25, 0.3) is 0 Å². The molecule has 3 rings (SSSR count). The third-order valence-electron chi connectivity index (χ3n) is 4.69. The molecule has 0 saturated carbocycles. The van der Waals surface area contributed by atoms with Crippen molar-refractivity contribution in [1.29, 1.82) is 0 Å². The molecule has 2 aromatic heterocycles. The van der Waals surface area contributed by atoms with Crippen molar-refractivity contribution >= 4 is 5.82 Å². The quantitative estimate of drug-likeness (QED) is 0.609. The maximum atomic E-state index is 5.53. The number of hydrogen-bond acceptors (Lipinski definition) is 5. The summed E-state index contributed by atoms with van der Waals surface area (Å²) in [6.45, 7) is 6.37. The van der Waals surface area contributed by atoms with Crippen molar-refractivity contribution in [2.45, 2.75) is 38.6 Å². The van der Waals surface area contributed by atoms with Gasteiger partial charge in [-0.2, -0.15) is 0 Å². The van der Waals surface area contributed by atoms with Gasteiger partial charge in [-0.1, -0.05) is 12.1 Å². The molecule has 0 spiro atoms. The van der Waals surface area contributed by atoms with Crippen molar-refractivity contribution in [3.8, 4) is 11.5 Å². The highest BCUT2D eigenvalue weighted by Crippen LogP contribution is 2.35. The Morgan fingerprint density at radius 2 is 1.59 bits per heavy atom. The molecule has 1 N–H and O–H groups in total. The van der Waals surface area contributed by atoms with E-state index in [1.807, 2.05) is 36.8 Å². The van der Waals surface area contributed by atoms with E-state index in [-0.39, 0.29) is 11.5 Å². The molecule has 0 aliphatic carbocycles. The molecule has 1 aromatic carbocycles. The zero-order valence-electron chi connectivity index (χ0n) is 17.8. The van der Waals surface area contributed by atoms with Crippen LogP contribution < -0.4 is 14.8 Å². The molecule has 0 radical (unpaired) electrons. The molecule has 0 fully saturated rings. The molecule has 29 heavy (non-hydrogen) atoms. The summed E-state index contributed by atoms with van der Waals surface area (Å²) in [5.41, 5.74) is 3.48. The van der Waals surface area contributed by atoms with Gasteiger partial charge in [-0.05, 0) is 74.2 Å². The SMILES string of the molecule is COc1ccc(C(Cc2ccncc2)c2ccc(NC(C)(C)C)nc2)cc1OC. The van der Waals surface area contributed by atoms with Crippen LogP contribution in [-0.4, -0.2) is 29.7 Å². The summed E-state index contributed by atoms with van der Waals surface area (Å²) >= 11 is 0. The lowest BCUT2D eigenvalue weighted by Gasteiger charge is -2.23. The first kappa shape index (κ1) is 20.6. The van der Waals surface area contributed by atoms with Crippen molar-refractivity contribution in [3.05, 3.63) is 77.7 Å². The van der Waals surface area contributed by atoms with Crippen LogP contribution in [0.4, 0.5) is 5.82 Å². The van der Waals surface area contributed by atoms with Gasteiger partial charge in [-0.3, -0.25) is 4.98 Å². The number of rotatable bonds is 7. The number of nitrogens with one attached hydrogen (secondary N) is 1. The van der Waals surface area contributed by atoms with Gasteiger partial charge in [0.25, 0.3) is 0 Å². The van der Waals surface area contributed by atoms with Crippen LogP contribution in [0.1, 0.15) is 43.4 Å². The van der Waals surface area contributed by atoms with E-state index in [1.165, 1.54) is 5.56 Å². The first-order valence-electron chi connectivity index (χ1n) is 9.74. The van der Waals surface area contributed by atoms with Gasteiger partial charge in [0.05, 0.1) is 14.2 Å². The molecule has 5 nitrogen and oxygen atoms in total. The lowest BCUT2D eigenvalue weighted by atomic mass is 9.86. The van der Waals surface area contributed by atoms with E-state index in [0.29, 0.717) is 0 Å². The van der Waals surface area contributed by atoms with E-state index in [9.17, 15) is 0 Å². The van der Waals surface area contributed by atoms with Crippen LogP contribution in [-0.2, 0) is 6.42 Å². The number of pyridine rings is 2. The molecule has 2 heterocycles. The molecular weight excluding hydrogens is 362 g/mol. The Bertz CT molecular complexity index is 919. The summed E-state index contributed by atoms with van der Waals surface area (Å²) in [5.74, 6) is 2.45. The van der Waals surface area contributed by atoms with Crippen molar-refractivity contribution in [1.82, 2.24) is 9.97 Å². The Hall–Kier alpha value is -3.08. The number of hydrogen-bond donors (Lipinski definition) is 1. The van der Waals surface area contributed by atoms with Crippen LogP contribution in [0.15, 0.2) is 61.1 Å². The Kier molecular flexibility index (Phi) is 6.37. The van der Waals surface area contributed by atoms with Gasteiger partial charge in [-0.25, -0.2) is 4.98 Å². The number of anilines is 1. The van der Waals surface area contributed by atoms with Gasteiger partial charge < -0.3 is 14.8 Å².